The van der Waals surface area contributed by atoms with E-state index in [-0.39, 0.29) is 23.1 Å². The number of carbonyl (C=O) groups excluding carboxylic acids is 2. The minimum absolute atomic E-state index is 0.124. The molecule has 0 radical (unpaired) electrons. The molecule has 0 aliphatic rings. The van der Waals surface area contributed by atoms with Gasteiger partial charge in [-0.05, 0) is 6.42 Å². The van der Waals surface area contributed by atoms with E-state index in [4.69, 9.17) is 4.74 Å². The van der Waals surface area contributed by atoms with E-state index in [9.17, 15) is 9.59 Å². The number of unbranched alkanes of at least 4 members (excludes halogenated alkanes) is 1. The van der Waals surface area contributed by atoms with Gasteiger partial charge in [-0.1, -0.05) is 40.5 Å². The minimum atomic E-state index is -0.377. The summed E-state index contributed by atoms with van der Waals surface area (Å²) in [6.45, 7) is 7.70. The maximum Gasteiger partial charge on any atom is 0.309 e. The molecule has 16 heavy (non-hydrogen) atoms. The smallest absolute Gasteiger partial charge is 0.309 e. The third-order valence-corrected chi connectivity index (χ3v) is 2.71. The first kappa shape index (κ1) is 15.1. The largest absolute Gasteiger partial charge is 0.469 e. The molecule has 0 spiro atoms. The average Bonchev–Trinajstić information content (AvgIpc) is 2.21. The fourth-order valence-electron chi connectivity index (χ4n) is 1.45. The van der Waals surface area contributed by atoms with Gasteiger partial charge < -0.3 is 4.74 Å². The van der Waals surface area contributed by atoms with Crippen LogP contribution in [0.5, 0.6) is 0 Å². The Bertz CT molecular complexity index is 238. The monoisotopic (exact) mass is 228 g/mol. The highest BCUT2D eigenvalue weighted by Crippen LogP contribution is 2.23. The Kier molecular flexibility index (Phi) is 6.31. The third kappa shape index (κ3) is 5.29. The quantitative estimate of drug-likeness (QED) is 0.656. The lowest BCUT2D eigenvalue weighted by atomic mass is 9.84. The first-order valence-corrected chi connectivity index (χ1v) is 5.94. The zero-order valence-corrected chi connectivity index (χ0v) is 11.1. The molecule has 0 aliphatic heterocycles. The lowest BCUT2D eigenvalue weighted by Gasteiger charge is -2.20. The predicted octanol–water partition coefficient (Wildman–Crippen LogP) is 2.97. The summed E-state index contributed by atoms with van der Waals surface area (Å²) in [5, 5.41) is 0. The number of ketones is 1. The van der Waals surface area contributed by atoms with Gasteiger partial charge >= 0.3 is 5.97 Å². The van der Waals surface area contributed by atoms with Crippen molar-refractivity contribution in [2.75, 3.05) is 7.11 Å². The molecule has 0 N–H and O–H groups in total. The number of methoxy groups -OCH3 is 1. The van der Waals surface area contributed by atoms with Crippen molar-refractivity contribution < 1.29 is 14.3 Å². The number of carbonyl (C=O) groups is 2. The van der Waals surface area contributed by atoms with Crippen molar-refractivity contribution in [2.45, 2.75) is 53.4 Å². The molecule has 0 saturated heterocycles. The molecule has 1 atom stereocenters. The zero-order valence-electron chi connectivity index (χ0n) is 11.1. The minimum Gasteiger partial charge on any atom is -0.469 e. The van der Waals surface area contributed by atoms with Crippen molar-refractivity contribution in [1.82, 2.24) is 0 Å². The van der Waals surface area contributed by atoms with Crippen LogP contribution in [-0.4, -0.2) is 18.9 Å². The normalized spacial score (nSPS) is 13.3. The maximum absolute atomic E-state index is 11.9. The Labute approximate surface area is 98.6 Å². The van der Waals surface area contributed by atoms with Gasteiger partial charge in [0.05, 0.1) is 13.0 Å². The summed E-state index contributed by atoms with van der Waals surface area (Å²) in [6, 6.07) is 0. The highest BCUT2D eigenvalue weighted by molar-refractivity contribution is 5.87. The average molecular weight is 228 g/mol. The molecule has 0 bridgehead atoms. The van der Waals surface area contributed by atoms with Crippen LogP contribution in [0.15, 0.2) is 0 Å². The summed E-state index contributed by atoms with van der Waals surface area (Å²) < 4.78 is 4.73. The zero-order chi connectivity index (χ0) is 12.8. The molecule has 0 rings (SSSR count). The summed E-state index contributed by atoms with van der Waals surface area (Å²) in [5.74, 6) is -0.401. The van der Waals surface area contributed by atoms with Crippen LogP contribution < -0.4 is 0 Å². The van der Waals surface area contributed by atoms with Gasteiger partial charge in [0.1, 0.15) is 5.78 Å². The van der Waals surface area contributed by atoms with Gasteiger partial charge in [0.15, 0.2) is 0 Å². The number of hydrogen-bond acceptors (Lipinski definition) is 3. The van der Waals surface area contributed by atoms with Crippen LogP contribution in [0.25, 0.3) is 0 Å². The Balaban J connectivity index is 4.42. The third-order valence-electron chi connectivity index (χ3n) is 2.71. The Morgan fingerprint density at radius 2 is 1.81 bits per heavy atom. The molecule has 0 amide bonds. The maximum atomic E-state index is 11.9. The van der Waals surface area contributed by atoms with Crippen molar-refractivity contribution in [2.24, 2.45) is 11.3 Å². The molecule has 0 aromatic carbocycles. The second kappa shape index (κ2) is 6.66. The second-order valence-electron chi connectivity index (χ2n) is 5.24. The van der Waals surface area contributed by atoms with Crippen molar-refractivity contribution in [3.63, 3.8) is 0 Å². The molecule has 3 heteroatoms. The first-order chi connectivity index (χ1) is 7.32. The topological polar surface area (TPSA) is 43.4 Å². The molecule has 1 unspecified atom stereocenters. The lowest BCUT2D eigenvalue weighted by Crippen LogP contribution is -2.27. The van der Waals surface area contributed by atoms with Gasteiger partial charge in [0.25, 0.3) is 0 Å². The van der Waals surface area contributed by atoms with E-state index in [1.54, 1.807) is 0 Å². The van der Waals surface area contributed by atoms with Gasteiger partial charge in [0, 0.05) is 11.8 Å². The second-order valence-corrected chi connectivity index (χ2v) is 5.24. The van der Waals surface area contributed by atoms with E-state index in [1.165, 1.54) is 7.11 Å². The molecule has 0 aliphatic carbocycles. The van der Waals surface area contributed by atoms with Crippen LogP contribution in [-0.2, 0) is 14.3 Å². The predicted molar refractivity (Wildman–Crippen MR) is 64.1 cm³/mol. The van der Waals surface area contributed by atoms with E-state index in [0.717, 1.165) is 19.3 Å². The summed E-state index contributed by atoms with van der Waals surface area (Å²) >= 11 is 0. The number of Topliss-reactive ketones (excluding diaryl/α,β-unsaturated/α-hetero) is 1. The first-order valence-electron chi connectivity index (χ1n) is 5.94. The van der Waals surface area contributed by atoms with Gasteiger partial charge in [0.2, 0.25) is 0 Å². The van der Waals surface area contributed by atoms with E-state index < -0.39 is 0 Å². The molecule has 94 valence electrons. The Hall–Kier alpha value is -0.860. The van der Waals surface area contributed by atoms with Crippen molar-refractivity contribution in [3.8, 4) is 0 Å². The number of rotatable bonds is 6. The Morgan fingerprint density at radius 3 is 2.19 bits per heavy atom. The summed E-state index contributed by atoms with van der Waals surface area (Å²) in [4.78, 5) is 23.4. The molecule has 3 nitrogen and oxygen atoms in total. The van der Waals surface area contributed by atoms with E-state index in [1.807, 2.05) is 20.8 Å². The number of ether oxygens (including phenoxy) is 1. The van der Waals surface area contributed by atoms with Crippen LogP contribution in [0.2, 0.25) is 0 Å². The molecule has 0 aromatic heterocycles. The Morgan fingerprint density at radius 1 is 1.25 bits per heavy atom. The fraction of sp³-hybridized carbons (Fsp3) is 0.846. The van der Waals surface area contributed by atoms with Gasteiger partial charge in [-0.15, -0.1) is 0 Å². The molecular weight excluding hydrogens is 204 g/mol. The van der Waals surface area contributed by atoms with Crippen LogP contribution in [0, 0.1) is 11.3 Å². The molecule has 0 aromatic rings. The van der Waals surface area contributed by atoms with Crippen molar-refractivity contribution in [1.29, 1.82) is 0 Å². The standard InChI is InChI=1S/C13H24O3/c1-6-7-8-10(12(15)16-5)9-11(14)13(2,3)4/h10H,6-9H2,1-5H3. The summed E-state index contributed by atoms with van der Waals surface area (Å²) in [5.41, 5.74) is -0.377. The fourth-order valence-corrected chi connectivity index (χ4v) is 1.45. The van der Waals surface area contributed by atoms with E-state index in [0.29, 0.717) is 6.42 Å². The summed E-state index contributed by atoms with van der Waals surface area (Å²) in [7, 11) is 1.38. The molecule has 0 saturated carbocycles. The lowest BCUT2D eigenvalue weighted by molar-refractivity contribution is -0.148. The number of hydrogen-bond donors (Lipinski definition) is 0. The van der Waals surface area contributed by atoms with Crippen molar-refractivity contribution >= 4 is 11.8 Å². The highest BCUT2D eigenvalue weighted by Gasteiger charge is 2.28. The SMILES string of the molecule is CCCCC(CC(=O)C(C)(C)C)C(=O)OC. The highest BCUT2D eigenvalue weighted by atomic mass is 16.5. The van der Waals surface area contributed by atoms with Gasteiger partial charge in [-0.3, -0.25) is 9.59 Å². The van der Waals surface area contributed by atoms with Crippen LogP contribution >= 0.6 is 0 Å². The molecule has 0 fully saturated rings. The molecular formula is C13H24O3. The van der Waals surface area contributed by atoms with Crippen LogP contribution in [0.1, 0.15) is 53.4 Å². The van der Waals surface area contributed by atoms with Gasteiger partial charge in [-0.25, -0.2) is 0 Å². The van der Waals surface area contributed by atoms with Crippen LogP contribution in [0.3, 0.4) is 0 Å². The van der Waals surface area contributed by atoms with E-state index >= 15 is 0 Å². The van der Waals surface area contributed by atoms with Crippen molar-refractivity contribution in [3.05, 3.63) is 0 Å². The van der Waals surface area contributed by atoms with E-state index in [2.05, 4.69) is 6.92 Å². The number of esters is 1. The van der Waals surface area contributed by atoms with Gasteiger partial charge in [-0.2, -0.15) is 0 Å². The molecule has 0 heterocycles. The van der Waals surface area contributed by atoms with Crippen LogP contribution in [0.4, 0.5) is 0 Å². The summed E-state index contributed by atoms with van der Waals surface area (Å²) in [6.07, 6.45) is 3.02.